The second-order valence-electron chi connectivity index (χ2n) is 12.5. The van der Waals surface area contributed by atoms with Crippen molar-refractivity contribution in [3.63, 3.8) is 0 Å². The van der Waals surface area contributed by atoms with Crippen LogP contribution in [0.2, 0.25) is 0 Å². The highest BCUT2D eigenvalue weighted by Crippen LogP contribution is 2.29. The largest absolute Gasteiger partial charge is 0.389 e. The monoisotopic (exact) mass is 619 g/mol. The number of carbonyl (C=O) groups is 3. The summed E-state index contributed by atoms with van der Waals surface area (Å²) in [5.41, 5.74) is 2.99. The van der Waals surface area contributed by atoms with Gasteiger partial charge in [0.15, 0.2) is 0 Å². The maximum absolute atomic E-state index is 14.0. The Morgan fingerprint density at radius 2 is 1.71 bits per heavy atom. The second-order valence-corrected chi connectivity index (χ2v) is 12.5. The fourth-order valence-corrected chi connectivity index (χ4v) is 6.59. The molecular weight excluding hydrogens is 570 g/mol. The first-order valence-electron chi connectivity index (χ1n) is 16.8. The summed E-state index contributed by atoms with van der Waals surface area (Å²) in [5, 5.41) is 17.8. The number of hydrogen-bond acceptors (Lipinski definition) is 6. The van der Waals surface area contributed by atoms with Gasteiger partial charge < -0.3 is 35.2 Å². The molecule has 0 bridgehead atoms. The highest BCUT2D eigenvalue weighted by Gasteiger charge is 2.29. The third-order valence-corrected chi connectivity index (χ3v) is 9.26. The minimum atomic E-state index is -1.00. The maximum Gasteiger partial charge on any atom is 0.317 e. The zero-order valence-corrected chi connectivity index (χ0v) is 26.6. The molecule has 244 valence electrons. The molecule has 10 nitrogen and oxygen atoms in total. The van der Waals surface area contributed by atoms with E-state index in [1.807, 2.05) is 49.4 Å². The molecule has 4 amide bonds. The van der Waals surface area contributed by atoms with Gasteiger partial charge in [0.2, 0.25) is 5.91 Å². The molecule has 2 aromatic rings. The minimum absolute atomic E-state index is 0.0651. The van der Waals surface area contributed by atoms with Gasteiger partial charge in [-0.25, -0.2) is 4.79 Å². The summed E-state index contributed by atoms with van der Waals surface area (Å²) in [6.45, 7) is 5.65. The van der Waals surface area contributed by atoms with E-state index in [2.05, 4.69) is 15.5 Å². The van der Waals surface area contributed by atoms with Crippen LogP contribution in [0.5, 0.6) is 0 Å². The molecule has 3 aliphatic rings. The number of amides is 4. The lowest BCUT2D eigenvalue weighted by molar-refractivity contribution is -0.119. The van der Waals surface area contributed by atoms with Crippen LogP contribution in [0, 0.1) is 0 Å². The average molecular weight is 620 g/mol. The molecule has 2 saturated heterocycles. The fourth-order valence-electron chi connectivity index (χ4n) is 6.59. The first-order valence-corrected chi connectivity index (χ1v) is 16.8. The molecule has 1 saturated carbocycles. The molecule has 10 heteroatoms. The van der Waals surface area contributed by atoms with E-state index in [9.17, 15) is 19.5 Å². The van der Waals surface area contributed by atoms with Crippen molar-refractivity contribution in [3.05, 3.63) is 59.7 Å². The van der Waals surface area contributed by atoms with Gasteiger partial charge in [-0.05, 0) is 62.8 Å². The molecule has 3 N–H and O–H groups in total. The Morgan fingerprint density at radius 3 is 2.42 bits per heavy atom. The Kier molecular flexibility index (Phi) is 11.7. The first kappa shape index (κ1) is 32.8. The van der Waals surface area contributed by atoms with E-state index in [0.717, 1.165) is 49.8 Å². The molecule has 2 unspecified atom stereocenters. The van der Waals surface area contributed by atoms with Crippen LogP contribution in [-0.2, 0) is 16.0 Å². The van der Waals surface area contributed by atoms with Crippen molar-refractivity contribution >= 4 is 29.2 Å². The lowest BCUT2D eigenvalue weighted by Crippen LogP contribution is -2.53. The standard InChI is InChI=1S/C35H49N5O5/c1-2-38(35(44)36-28-13-7-4-8-14-28)25-32(41)31(21-26-11-5-3-6-12-26)37-34(43)27-22-29(39-17-19-45-20-18-39)24-30(23-27)40-16-10-9-15-33(40)42/h3,5-6,11-12,22-24,28,31-32,41H,2,4,7-10,13-21,25H2,1H3,(H,36,44)(H,37,43). The van der Waals surface area contributed by atoms with Gasteiger partial charge in [-0.15, -0.1) is 0 Å². The van der Waals surface area contributed by atoms with Gasteiger partial charge in [0.25, 0.3) is 5.91 Å². The van der Waals surface area contributed by atoms with E-state index < -0.39 is 12.1 Å². The average Bonchev–Trinajstić information content (AvgIpc) is 3.08. The van der Waals surface area contributed by atoms with Gasteiger partial charge in [-0.3, -0.25) is 9.59 Å². The third-order valence-electron chi connectivity index (χ3n) is 9.26. The maximum atomic E-state index is 14.0. The number of anilines is 2. The number of nitrogens with zero attached hydrogens (tertiary/aromatic N) is 3. The minimum Gasteiger partial charge on any atom is -0.389 e. The van der Waals surface area contributed by atoms with Gasteiger partial charge in [0, 0.05) is 55.6 Å². The summed E-state index contributed by atoms with van der Waals surface area (Å²) in [7, 11) is 0. The van der Waals surface area contributed by atoms with Crippen molar-refractivity contribution in [2.24, 2.45) is 0 Å². The molecule has 2 aliphatic heterocycles. The molecule has 2 atom stereocenters. The predicted molar refractivity (Wildman–Crippen MR) is 176 cm³/mol. The normalized spacial score (nSPS) is 19.1. The van der Waals surface area contributed by atoms with Gasteiger partial charge in [0.05, 0.1) is 31.9 Å². The lowest BCUT2D eigenvalue weighted by atomic mass is 9.96. The van der Waals surface area contributed by atoms with Gasteiger partial charge in [-0.2, -0.15) is 0 Å². The number of morpholine rings is 1. The Hall–Kier alpha value is -3.63. The fraction of sp³-hybridized carbons (Fsp3) is 0.571. The zero-order valence-electron chi connectivity index (χ0n) is 26.6. The molecule has 1 aliphatic carbocycles. The number of aliphatic hydroxyl groups is 1. The number of nitrogens with one attached hydrogen (secondary N) is 2. The molecule has 2 heterocycles. The number of piperidine rings is 1. The Morgan fingerprint density at radius 1 is 0.978 bits per heavy atom. The second kappa shape index (κ2) is 16.1. The highest BCUT2D eigenvalue weighted by molar-refractivity contribution is 6.00. The Labute approximate surface area is 267 Å². The van der Waals surface area contributed by atoms with Crippen molar-refractivity contribution in [3.8, 4) is 0 Å². The zero-order chi connectivity index (χ0) is 31.6. The van der Waals surface area contributed by atoms with Crippen molar-refractivity contribution in [1.29, 1.82) is 0 Å². The number of hydrogen-bond donors (Lipinski definition) is 3. The van der Waals surface area contributed by atoms with Crippen molar-refractivity contribution in [2.45, 2.75) is 82.9 Å². The summed E-state index contributed by atoms with van der Waals surface area (Å²) in [6, 6.07) is 14.7. The van der Waals surface area contributed by atoms with E-state index >= 15 is 0 Å². The third kappa shape index (κ3) is 8.98. The number of ether oxygens (including phenoxy) is 1. The van der Waals surface area contributed by atoms with E-state index in [1.165, 1.54) is 6.42 Å². The molecule has 3 fully saturated rings. The van der Waals surface area contributed by atoms with Crippen LogP contribution in [0.4, 0.5) is 16.2 Å². The van der Waals surface area contributed by atoms with Crippen LogP contribution in [0.15, 0.2) is 48.5 Å². The number of likely N-dealkylation sites (N-methyl/N-ethyl adjacent to an activating group) is 1. The van der Waals surface area contributed by atoms with Gasteiger partial charge in [0.1, 0.15) is 0 Å². The van der Waals surface area contributed by atoms with E-state index in [1.54, 1.807) is 15.9 Å². The summed E-state index contributed by atoms with van der Waals surface area (Å²) in [4.78, 5) is 45.6. The number of carbonyl (C=O) groups excluding carboxylic acids is 3. The molecular formula is C35H49N5O5. The summed E-state index contributed by atoms with van der Waals surface area (Å²) in [6.07, 6.45) is 7.08. The molecule has 0 spiro atoms. The van der Waals surface area contributed by atoms with Crippen molar-refractivity contribution in [2.75, 3.05) is 55.7 Å². The topological polar surface area (TPSA) is 114 Å². The molecule has 0 radical (unpaired) electrons. The molecule has 2 aromatic carbocycles. The summed E-state index contributed by atoms with van der Waals surface area (Å²) < 4.78 is 5.55. The first-order chi connectivity index (χ1) is 21.9. The van der Waals surface area contributed by atoms with Crippen LogP contribution >= 0.6 is 0 Å². The van der Waals surface area contributed by atoms with Crippen LogP contribution in [-0.4, -0.2) is 92.0 Å². The SMILES string of the molecule is CCN(CC(O)C(Cc1ccccc1)NC(=O)c1cc(N2CCOCC2)cc(N2CCCCC2=O)c1)C(=O)NC1CCCCC1. The molecule has 5 rings (SSSR count). The van der Waals surface area contributed by atoms with Crippen LogP contribution in [0.25, 0.3) is 0 Å². The van der Waals surface area contributed by atoms with E-state index in [0.29, 0.717) is 63.5 Å². The van der Waals surface area contributed by atoms with Gasteiger partial charge in [-0.1, -0.05) is 49.6 Å². The number of rotatable bonds is 11. The van der Waals surface area contributed by atoms with Crippen molar-refractivity contribution < 1.29 is 24.2 Å². The Balaban J connectivity index is 1.36. The van der Waals surface area contributed by atoms with Crippen molar-refractivity contribution in [1.82, 2.24) is 15.5 Å². The summed E-state index contributed by atoms with van der Waals surface area (Å²) >= 11 is 0. The smallest absolute Gasteiger partial charge is 0.317 e. The van der Waals surface area contributed by atoms with Crippen LogP contribution in [0.1, 0.15) is 74.2 Å². The predicted octanol–water partition coefficient (Wildman–Crippen LogP) is 4.11. The Bertz CT molecular complexity index is 1280. The van der Waals surface area contributed by atoms with Crippen LogP contribution in [0.3, 0.4) is 0 Å². The lowest BCUT2D eigenvalue weighted by Gasteiger charge is -2.33. The summed E-state index contributed by atoms with van der Waals surface area (Å²) in [5.74, 6) is -0.263. The van der Waals surface area contributed by atoms with E-state index in [4.69, 9.17) is 4.74 Å². The molecule has 45 heavy (non-hydrogen) atoms. The van der Waals surface area contributed by atoms with Gasteiger partial charge >= 0.3 is 6.03 Å². The number of benzene rings is 2. The highest BCUT2D eigenvalue weighted by atomic mass is 16.5. The van der Waals surface area contributed by atoms with Crippen LogP contribution < -0.4 is 20.4 Å². The van der Waals surface area contributed by atoms with E-state index in [-0.39, 0.29) is 30.4 Å². The number of aliphatic hydroxyl groups excluding tert-OH is 1. The number of urea groups is 1. The molecule has 0 aromatic heterocycles. The quantitative estimate of drug-likeness (QED) is 0.349.